The van der Waals surface area contributed by atoms with Crippen LogP contribution < -0.4 is 0 Å². The van der Waals surface area contributed by atoms with Crippen molar-refractivity contribution in [1.29, 1.82) is 0 Å². The first-order valence-electron chi connectivity index (χ1n) is 44.0. The summed E-state index contributed by atoms with van der Waals surface area (Å²) in [5.41, 5.74) is 30.7. The van der Waals surface area contributed by atoms with E-state index in [0.717, 1.165) is 139 Å². The monoisotopic (exact) mass is 1650 g/mol. The van der Waals surface area contributed by atoms with E-state index in [1.807, 2.05) is 55.2 Å². The van der Waals surface area contributed by atoms with Crippen LogP contribution >= 0.6 is 0 Å². The Balaban J connectivity index is 0.000000111. The Morgan fingerprint density at radius 3 is 0.800 bits per heavy atom. The maximum atomic E-state index is 5.27. The van der Waals surface area contributed by atoms with Crippen molar-refractivity contribution < 1.29 is 0 Å². The molecule has 0 radical (unpaired) electrons. The summed E-state index contributed by atoms with van der Waals surface area (Å²) < 4.78 is 0. The predicted octanol–water partition coefficient (Wildman–Crippen LogP) is 32.4. The summed E-state index contributed by atoms with van der Waals surface area (Å²) in [6.45, 7) is 0. The molecule has 606 valence electrons. The summed E-state index contributed by atoms with van der Waals surface area (Å²) >= 11 is 0. The van der Waals surface area contributed by atoms with Gasteiger partial charge in [0.05, 0.1) is 44.8 Å². The van der Waals surface area contributed by atoms with Crippen molar-refractivity contribution in [3.8, 4) is 134 Å². The van der Waals surface area contributed by atoms with Crippen LogP contribution in [-0.2, 0) is 0 Å². The Morgan fingerprint density at radius 2 is 0.431 bits per heavy atom. The lowest BCUT2D eigenvalue weighted by Crippen LogP contribution is -1.93. The molecule has 0 amide bonds. The van der Waals surface area contributed by atoms with E-state index in [4.69, 9.17) is 24.9 Å². The second kappa shape index (κ2) is 33.9. The van der Waals surface area contributed by atoms with Gasteiger partial charge in [0.25, 0.3) is 0 Å². The van der Waals surface area contributed by atoms with Crippen LogP contribution in [0.5, 0.6) is 0 Å². The second-order valence-corrected chi connectivity index (χ2v) is 33.0. The third-order valence-electron chi connectivity index (χ3n) is 25.3. The van der Waals surface area contributed by atoms with Gasteiger partial charge in [0.1, 0.15) is 0 Å². The predicted molar refractivity (Wildman–Crippen MR) is 544 cm³/mol. The molecule has 0 bridgehead atoms. The standard InChI is InChI=1S/C44H28N2.C40H26N2.C39H25N3/c1-3-15-35-29(9-1)11-5-17-37(35)34-24-25-42-41(27-34)40(28-43(46-42)39-19-6-12-30-10-2-4-16-36(30)39)32-22-20-31(21-23-32)38-18-7-13-33-14-8-26-45-44(33)38;1-3-13-33-28(8-1)10-5-15-35(33)31-21-22-39-38(24-31)37(30-19-17-27(18-20-30)32-12-7-23-41-26-32)25-40(42-39)36-16-6-11-29-9-2-4-14-34(29)36;1-3-13-31-26(8-1)10-5-15-33(31)28-17-20-38-36(22-28)35(29-18-19-37(41-25-29)30-12-7-21-40-24-30)23-39(42-38)34-16-6-11-27-9-2-4-14-32(27)34/h1-28H;1-26H;1-25H. The van der Waals surface area contributed by atoms with Crippen molar-refractivity contribution in [2.24, 2.45) is 0 Å². The van der Waals surface area contributed by atoms with Gasteiger partial charge in [-0.05, 0) is 227 Å². The quantitative estimate of drug-likeness (QED) is 0.120. The minimum atomic E-state index is 0.899. The van der Waals surface area contributed by atoms with Crippen molar-refractivity contribution in [3.63, 3.8) is 0 Å². The summed E-state index contributed by atoms with van der Waals surface area (Å²) in [4.78, 5) is 33.8. The molecule has 7 heterocycles. The highest BCUT2D eigenvalue weighted by Crippen LogP contribution is 2.45. The Morgan fingerprint density at radius 1 is 0.138 bits per heavy atom. The molecule has 7 heteroatoms. The van der Waals surface area contributed by atoms with Gasteiger partial charge in [0, 0.05) is 92.1 Å². The van der Waals surface area contributed by atoms with Crippen molar-refractivity contribution in [3.05, 3.63) is 480 Å². The normalized spacial score (nSPS) is 11.4. The maximum Gasteiger partial charge on any atom is 0.0780 e. The molecule has 0 fully saturated rings. The molecule has 0 aliphatic rings. The van der Waals surface area contributed by atoms with Gasteiger partial charge in [-0.3, -0.25) is 19.9 Å². The largest absolute Gasteiger partial charge is 0.264 e. The van der Waals surface area contributed by atoms with Crippen LogP contribution in [0.1, 0.15) is 0 Å². The highest BCUT2D eigenvalue weighted by Gasteiger charge is 2.21. The number of pyridine rings is 7. The van der Waals surface area contributed by atoms with E-state index in [1.165, 1.54) is 104 Å². The number of para-hydroxylation sites is 1. The van der Waals surface area contributed by atoms with Crippen molar-refractivity contribution in [1.82, 2.24) is 34.9 Å². The Bertz CT molecular complexity index is 8290. The van der Waals surface area contributed by atoms with Crippen molar-refractivity contribution in [2.75, 3.05) is 0 Å². The highest BCUT2D eigenvalue weighted by atomic mass is 14.7. The Hall–Kier alpha value is -17.4. The van der Waals surface area contributed by atoms with E-state index >= 15 is 0 Å². The van der Waals surface area contributed by atoms with Gasteiger partial charge in [0.2, 0.25) is 0 Å². The third-order valence-corrected chi connectivity index (χ3v) is 25.3. The minimum Gasteiger partial charge on any atom is -0.264 e. The van der Waals surface area contributed by atoms with Gasteiger partial charge in [-0.15, -0.1) is 0 Å². The maximum absolute atomic E-state index is 5.27. The number of nitrogens with zero attached hydrogens (tertiary/aromatic N) is 7. The minimum absolute atomic E-state index is 0.899. The summed E-state index contributed by atoms with van der Waals surface area (Å²) in [6.07, 6.45) is 11.2. The first kappa shape index (κ1) is 77.4. The molecule has 7 aromatic heterocycles. The fraction of sp³-hybridized carbons (Fsp3) is 0. The van der Waals surface area contributed by atoms with Gasteiger partial charge in [0.15, 0.2) is 0 Å². The fourth-order valence-corrected chi connectivity index (χ4v) is 18.9. The molecule has 130 heavy (non-hydrogen) atoms. The summed E-state index contributed by atoms with van der Waals surface area (Å²) in [5, 5.41) is 19.2. The van der Waals surface area contributed by atoms with Gasteiger partial charge in [-0.25, -0.2) is 15.0 Å². The summed E-state index contributed by atoms with van der Waals surface area (Å²) in [6, 6.07) is 157. The molecule has 0 aliphatic heterocycles. The van der Waals surface area contributed by atoms with E-state index < -0.39 is 0 Å². The van der Waals surface area contributed by atoms with Crippen LogP contribution in [0, 0.1) is 0 Å². The molecule has 0 spiro atoms. The molecule has 0 N–H and O–H groups in total. The molecule has 0 aliphatic carbocycles. The Labute approximate surface area is 752 Å². The van der Waals surface area contributed by atoms with E-state index in [9.17, 15) is 0 Å². The molecule has 25 rings (SSSR count). The second-order valence-electron chi connectivity index (χ2n) is 33.0. The zero-order valence-corrected chi connectivity index (χ0v) is 70.7. The van der Waals surface area contributed by atoms with Gasteiger partial charge in [-0.1, -0.05) is 358 Å². The lowest BCUT2D eigenvalue weighted by atomic mass is 9.92. The summed E-state index contributed by atoms with van der Waals surface area (Å²) in [7, 11) is 0. The van der Waals surface area contributed by atoms with Crippen molar-refractivity contribution in [2.45, 2.75) is 0 Å². The fourth-order valence-electron chi connectivity index (χ4n) is 18.9. The lowest BCUT2D eigenvalue weighted by molar-refractivity contribution is 1.28. The zero-order valence-electron chi connectivity index (χ0n) is 70.7. The van der Waals surface area contributed by atoms with Gasteiger partial charge in [-0.2, -0.15) is 0 Å². The molecule has 25 aromatic rings. The number of fused-ring (bicyclic) bond motifs is 10. The van der Waals surface area contributed by atoms with E-state index in [1.54, 1.807) is 6.20 Å². The molecule has 0 saturated heterocycles. The molecular formula is C123H79N7. The molecule has 7 nitrogen and oxygen atoms in total. The molecule has 0 saturated carbocycles. The number of rotatable bonds is 12. The molecule has 0 atom stereocenters. The van der Waals surface area contributed by atoms with Gasteiger partial charge >= 0.3 is 0 Å². The first-order valence-corrected chi connectivity index (χ1v) is 44.0. The molecular weight excluding hydrogens is 1580 g/mol. The zero-order chi connectivity index (χ0) is 86.2. The average Bonchev–Trinajstić information content (AvgIpc) is 0.761. The Kier molecular flexibility index (Phi) is 20.2. The first-order chi connectivity index (χ1) is 64.4. The number of hydrogen-bond donors (Lipinski definition) is 0. The van der Waals surface area contributed by atoms with Crippen LogP contribution in [0.25, 0.3) is 242 Å². The van der Waals surface area contributed by atoms with Gasteiger partial charge < -0.3 is 0 Å². The summed E-state index contributed by atoms with van der Waals surface area (Å²) in [5.74, 6) is 0. The topological polar surface area (TPSA) is 90.2 Å². The molecule has 0 unspecified atom stereocenters. The van der Waals surface area contributed by atoms with Crippen molar-refractivity contribution >= 4 is 108 Å². The van der Waals surface area contributed by atoms with Crippen LogP contribution in [0.2, 0.25) is 0 Å². The lowest BCUT2D eigenvalue weighted by Gasteiger charge is -2.15. The van der Waals surface area contributed by atoms with Crippen LogP contribution in [0.15, 0.2) is 480 Å². The third kappa shape index (κ3) is 14.9. The smallest absolute Gasteiger partial charge is 0.0780 e. The average molecular weight is 1660 g/mol. The van der Waals surface area contributed by atoms with E-state index in [-0.39, 0.29) is 0 Å². The number of benzene rings is 18. The van der Waals surface area contributed by atoms with Crippen LogP contribution in [0.4, 0.5) is 0 Å². The van der Waals surface area contributed by atoms with E-state index in [0.29, 0.717) is 0 Å². The number of hydrogen-bond acceptors (Lipinski definition) is 7. The van der Waals surface area contributed by atoms with E-state index in [2.05, 4.69) is 429 Å². The van der Waals surface area contributed by atoms with Crippen LogP contribution in [-0.4, -0.2) is 34.9 Å². The molecule has 18 aromatic carbocycles. The number of aromatic nitrogens is 7. The SMILES string of the molecule is c1ccc2c(-c3ccc4nc(-c5cccc6ccccc56)cc(-c5ccc(-c6cccc7cccnc67)cc5)c4c3)cccc2c1.c1cncc(-c2ccc(-c3cc(-c4cccc5ccccc45)nc4ccc(-c5cccc6ccccc56)cc34)cc2)c1.c1cncc(-c2ccc(-c3cc(-c4cccc5ccccc45)nc4ccc(-c5cccc6ccccc56)cc34)cn2)c1. The van der Waals surface area contributed by atoms with Crippen LogP contribution in [0.3, 0.4) is 0 Å². The highest BCUT2D eigenvalue weighted by molar-refractivity contribution is 6.10.